The van der Waals surface area contributed by atoms with Crippen LogP contribution in [0.15, 0.2) is 30.7 Å². The average molecular weight is 422 g/mol. The van der Waals surface area contributed by atoms with Crippen LogP contribution in [0.3, 0.4) is 0 Å². The number of aromatic amines is 1. The van der Waals surface area contributed by atoms with E-state index in [2.05, 4.69) is 74.4 Å². The summed E-state index contributed by atoms with van der Waals surface area (Å²) in [5.74, 6) is 0.786. The minimum atomic E-state index is 0.0106. The molecule has 0 aliphatic carbocycles. The van der Waals surface area contributed by atoms with Gasteiger partial charge >= 0.3 is 0 Å². The van der Waals surface area contributed by atoms with Crippen molar-refractivity contribution in [2.45, 2.75) is 57.7 Å². The zero-order chi connectivity index (χ0) is 21.8. The van der Waals surface area contributed by atoms with Gasteiger partial charge in [-0.25, -0.2) is 4.98 Å². The molecule has 162 valence electrons. The Morgan fingerprint density at radius 2 is 1.81 bits per heavy atom. The van der Waals surface area contributed by atoms with Gasteiger partial charge in [0.25, 0.3) is 0 Å². The van der Waals surface area contributed by atoms with Crippen molar-refractivity contribution in [1.82, 2.24) is 36.2 Å². The van der Waals surface area contributed by atoms with Gasteiger partial charge in [-0.2, -0.15) is 5.10 Å². The first-order chi connectivity index (χ1) is 14.7. The number of anilines is 2. The number of nitrogens with one attached hydrogen (secondary N) is 4. The molecule has 3 aromatic heterocycles. The van der Waals surface area contributed by atoms with E-state index >= 15 is 0 Å². The third-order valence-corrected chi connectivity index (χ3v) is 5.79. The van der Waals surface area contributed by atoms with Gasteiger partial charge in [-0.3, -0.25) is 15.5 Å². The zero-order valence-electron chi connectivity index (χ0n) is 18.1. The molecule has 2 aliphatic heterocycles. The van der Waals surface area contributed by atoms with E-state index in [4.69, 9.17) is 0 Å². The highest BCUT2D eigenvalue weighted by Crippen LogP contribution is 2.38. The molecule has 1 saturated heterocycles. The topological polar surface area (TPSA) is 127 Å². The van der Waals surface area contributed by atoms with E-state index in [1.54, 1.807) is 24.7 Å². The molecule has 0 spiro atoms. The van der Waals surface area contributed by atoms with Gasteiger partial charge in [-0.05, 0) is 52.7 Å². The Hall–Kier alpha value is -3.24. The smallest absolute Gasteiger partial charge is 0.191 e. The summed E-state index contributed by atoms with van der Waals surface area (Å²) in [7, 11) is 0. The van der Waals surface area contributed by atoms with Crippen molar-refractivity contribution in [1.29, 1.82) is 0 Å². The molecule has 1 fully saturated rings. The maximum absolute atomic E-state index is 10.5. The van der Waals surface area contributed by atoms with Gasteiger partial charge in [0, 0.05) is 34.6 Å². The fourth-order valence-corrected chi connectivity index (χ4v) is 4.88. The zero-order valence-corrected chi connectivity index (χ0v) is 18.1. The number of H-pyrrole nitrogens is 1. The predicted molar refractivity (Wildman–Crippen MR) is 118 cm³/mol. The first-order valence-electron chi connectivity index (χ1n) is 10.4. The van der Waals surface area contributed by atoms with Gasteiger partial charge < -0.3 is 10.4 Å². The molecule has 0 atom stereocenters. The van der Waals surface area contributed by atoms with Crippen molar-refractivity contribution in [3.05, 3.63) is 30.7 Å². The number of hydrogen-bond donors (Lipinski definition) is 5. The third-order valence-electron chi connectivity index (χ3n) is 5.79. The van der Waals surface area contributed by atoms with E-state index in [1.807, 2.05) is 6.07 Å². The van der Waals surface area contributed by atoms with Crippen LogP contribution in [0.1, 0.15) is 40.5 Å². The highest BCUT2D eigenvalue weighted by atomic mass is 16.3. The lowest BCUT2D eigenvalue weighted by atomic mass is 9.79. The normalized spacial score (nSPS) is 19.8. The molecule has 10 nitrogen and oxygen atoms in total. The summed E-state index contributed by atoms with van der Waals surface area (Å²) in [6, 6.07) is 3.76. The quantitative estimate of drug-likeness (QED) is 0.434. The number of pyridine rings is 1. The van der Waals surface area contributed by atoms with Crippen molar-refractivity contribution in [3.8, 4) is 28.3 Å². The maximum Gasteiger partial charge on any atom is 0.191 e. The van der Waals surface area contributed by atoms with Gasteiger partial charge in [-0.1, -0.05) is 0 Å². The molecule has 5 N–H and O–H groups in total. The Morgan fingerprint density at radius 3 is 2.48 bits per heavy atom. The Morgan fingerprint density at radius 1 is 1.03 bits per heavy atom. The number of hydrogen-bond acceptors (Lipinski definition) is 9. The number of hydrazine groups is 2. The van der Waals surface area contributed by atoms with E-state index in [9.17, 15) is 5.11 Å². The highest BCUT2D eigenvalue weighted by Gasteiger charge is 2.42. The lowest BCUT2D eigenvalue weighted by Gasteiger charge is -2.48. The summed E-state index contributed by atoms with van der Waals surface area (Å²) in [5, 5.41) is 31.8. The standard InChI is InChI=1S/C21H27N9O/c1-20(2)7-14(8-21(3,4)28-20)30-19-16(26-29-30)6-15(25-27-19)18-17(31)5-12(9-22-18)13-10-23-24-11-13/h5-6,9-11,14,26,28-29,31H,7-8H2,1-4H3,(H,23,24). The van der Waals surface area contributed by atoms with E-state index in [0.717, 1.165) is 35.5 Å². The van der Waals surface area contributed by atoms with E-state index in [1.165, 1.54) is 0 Å². The fraction of sp³-hybridized carbons (Fsp3) is 0.429. The Bertz CT molecular complexity index is 1090. The van der Waals surface area contributed by atoms with Crippen molar-refractivity contribution in [2.24, 2.45) is 0 Å². The molecule has 0 aromatic carbocycles. The minimum absolute atomic E-state index is 0.0106. The number of piperidine rings is 1. The maximum atomic E-state index is 10.5. The fourth-order valence-electron chi connectivity index (χ4n) is 4.88. The summed E-state index contributed by atoms with van der Waals surface area (Å²) < 4.78 is 0. The average Bonchev–Trinajstić information content (AvgIpc) is 3.35. The molecular weight excluding hydrogens is 394 g/mol. The van der Waals surface area contributed by atoms with Crippen molar-refractivity contribution in [3.63, 3.8) is 0 Å². The van der Waals surface area contributed by atoms with E-state index in [-0.39, 0.29) is 22.9 Å². The minimum Gasteiger partial charge on any atom is -0.506 e. The third kappa shape index (κ3) is 3.68. The van der Waals surface area contributed by atoms with Gasteiger partial charge in [-0.15, -0.1) is 15.7 Å². The van der Waals surface area contributed by atoms with Crippen LogP contribution in [0.25, 0.3) is 22.5 Å². The van der Waals surface area contributed by atoms with Crippen molar-refractivity contribution < 1.29 is 5.11 Å². The second kappa shape index (κ2) is 6.89. The second-order valence-electron chi connectivity index (χ2n) is 9.61. The number of fused-ring (bicyclic) bond motifs is 1. The summed E-state index contributed by atoms with van der Waals surface area (Å²) in [5.41, 5.74) is 9.77. The van der Waals surface area contributed by atoms with Crippen LogP contribution in [0.4, 0.5) is 11.5 Å². The van der Waals surface area contributed by atoms with Crippen LogP contribution in [-0.4, -0.2) is 47.6 Å². The molecule has 5 heterocycles. The number of aromatic nitrogens is 5. The van der Waals surface area contributed by atoms with Crippen LogP contribution < -0.4 is 21.3 Å². The van der Waals surface area contributed by atoms with Gasteiger partial charge in [0.05, 0.1) is 17.9 Å². The lowest BCUT2D eigenvalue weighted by molar-refractivity contribution is 0.155. The number of aromatic hydroxyl groups is 1. The monoisotopic (exact) mass is 421 g/mol. The molecule has 0 saturated carbocycles. The molecule has 0 amide bonds. The molecule has 0 bridgehead atoms. The molecule has 0 unspecified atom stereocenters. The second-order valence-corrected chi connectivity index (χ2v) is 9.61. The summed E-state index contributed by atoms with van der Waals surface area (Å²) in [6.45, 7) is 8.90. The Kier molecular flexibility index (Phi) is 4.38. The predicted octanol–water partition coefficient (Wildman–Crippen LogP) is 2.59. The highest BCUT2D eigenvalue weighted by molar-refractivity contribution is 5.76. The van der Waals surface area contributed by atoms with Crippen molar-refractivity contribution in [2.75, 3.05) is 10.4 Å². The lowest BCUT2D eigenvalue weighted by Crippen LogP contribution is -2.63. The van der Waals surface area contributed by atoms with Gasteiger partial charge in [0.15, 0.2) is 5.82 Å². The molecule has 10 heteroatoms. The Balaban J connectivity index is 1.42. The molecule has 2 aliphatic rings. The molecular formula is C21H27N9O. The van der Waals surface area contributed by atoms with E-state index in [0.29, 0.717) is 11.4 Å². The number of nitrogens with zero attached hydrogens (tertiary/aromatic N) is 5. The Labute approximate surface area is 180 Å². The van der Waals surface area contributed by atoms with Crippen LogP contribution in [0.2, 0.25) is 0 Å². The van der Waals surface area contributed by atoms with Gasteiger partial charge in [0.1, 0.15) is 17.1 Å². The largest absolute Gasteiger partial charge is 0.506 e. The van der Waals surface area contributed by atoms with E-state index < -0.39 is 0 Å². The first kappa shape index (κ1) is 19.7. The van der Waals surface area contributed by atoms with Gasteiger partial charge in [0.2, 0.25) is 0 Å². The summed E-state index contributed by atoms with van der Waals surface area (Å²) >= 11 is 0. The van der Waals surface area contributed by atoms with Crippen LogP contribution >= 0.6 is 0 Å². The first-order valence-corrected chi connectivity index (χ1v) is 10.4. The van der Waals surface area contributed by atoms with Crippen LogP contribution in [0, 0.1) is 0 Å². The number of rotatable bonds is 3. The van der Waals surface area contributed by atoms with Crippen molar-refractivity contribution >= 4 is 11.5 Å². The van der Waals surface area contributed by atoms with Crippen LogP contribution in [0.5, 0.6) is 5.75 Å². The van der Waals surface area contributed by atoms with Crippen LogP contribution in [-0.2, 0) is 0 Å². The summed E-state index contributed by atoms with van der Waals surface area (Å²) in [4.78, 5) is 4.41. The molecule has 5 rings (SSSR count). The molecule has 31 heavy (non-hydrogen) atoms. The molecule has 3 aromatic rings. The molecule has 0 radical (unpaired) electrons. The summed E-state index contributed by atoms with van der Waals surface area (Å²) in [6.07, 6.45) is 7.04. The SMILES string of the molecule is CC1(C)CC(N2NNc3cc(-c4ncc(-c5cn[nH]c5)cc4O)nnc32)CC(C)(C)N1.